The maximum Gasteiger partial charge on any atom is 0.332 e. The summed E-state index contributed by atoms with van der Waals surface area (Å²) in [4.78, 5) is 27.5. The van der Waals surface area contributed by atoms with Crippen LogP contribution in [0.25, 0.3) is 11.2 Å². The van der Waals surface area contributed by atoms with Gasteiger partial charge in [0.05, 0.1) is 6.33 Å². The third-order valence-electron chi connectivity index (χ3n) is 2.59. The van der Waals surface area contributed by atoms with Gasteiger partial charge in [-0.15, -0.1) is 0 Å². The lowest BCUT2D eigenvalue weighted by molar-refractivity contribution is 0.591. The fraction of sp³-hybridized carbons (Fsp3) is 0.444. The molecule has 18 heavy (non-hydrogen) atoms. The third kappa shape index (κ3) is 1.86. The van der Waals surface area contributed by atoms with Crippen molar-refractivity contribution in [2.45, 2.75) is 5.88 Å². The van der Waals surface area contributed by atoms with Crippen LogP contribution in [0.1, 0.15) is 0 Å². The highest BCUT2D eigenvalue weighted by atomic mass is 32.2. The Morgan fingerprint density at radius 2 is 1.83 bits per heavy atom. The summed E-state index contributed by atoms with van der Waals surface area (Å²) >= 11 is 0. The zero-order chi connectivity index (χ0) is 13.7. The summed E-state index contributed by atoms with van der Waals surface area (Å²) < 4.78 is 25.9. The predicted octanol–water partition coefficient (Wildman–Crippen LogP) is -1.56. The number of nitrogens with zero attached hydrogens (tertiary/aromatic N) is 4. The number of rotatable bonds is 2. The van der Waals surface area contributed by atoms with Crippen LogP contribution in [0.15, 0.2) is 15.9 Å². The summed E-state index contributed by atoms with van der Waals surface area (Å²) in [6.45, 7) is 0. The first-order chi connectivity index (χ1) is 8.22. The number of aromatic nitrogens is 4. The summed E-state index contributed by atoms with van der Waals surface area (Å²) in [5, 5.41) is 0. The first kappa shape index (κ1) is 12.6. The van der Waals surface area contributed by atoms with Crippen LogP contribution in [0.4, 0.5) is 0 Å². The van der Waals surface area contributed by atoms with Gasteiger partial charge in [0.2, 0.25) is 0 Å². The van der Waals surface area contributed by atoms with Gasteiger partial charge in [-0.2, -0.15) is 0 Å². The van der Waals surface area contributed by atoms with Crippen LogP contribution in [0.5, 0.6) is 0 Å². The molecule has 0 radical (unpaired) electrons. The summed E-state index contributed by atoms with van der Waals surface area (Å²) in [7, 11) is -0.494. The molecule has 2 rings (SSSR count). The Hall–Kier alpha value is -1.90. The van der Waals surface area contributed by atoms with Gasteiger partial charge in [-0.3, -0.25) is 13.9 Å². The van der Waals surface area contributed by atoms with E-state index in [0.29, 0.717) is 0 Å². The molecule has 0 aliphatic carbocycles. The third-order valence-corrected chi connectivity index (χ3v) is 3.34. The van der Waals surface area contributed by atoms with Crippen molar-refractivity contribution in [1.29, 1.82) is 0 Å². The van der Waals surface area contributed by atoms with E-state index in [-0.39, 0.29) is 17.0 Å². The van der Waals surface area contributed by atoms with E-state index < -0.39 is 21.1 Å². The second-order valence-corrected chi connectivity index (χ2v) is 6.26. The maximum atomic E-state index is 12.0. The Kier molecular flexibility index (Phi) is 2.65. The molecule has 2 heterocycles. The number of imidazole rings is 1. The van der Waals surface area contributed by atoms with Crippen LogP contribution in [0.2, 0.25) is 0 Å². The summed E-state index contributed by atoms with van der Waals surface area (Å²) in [5.74, 6) is -0.350. The molecule has 0 bridgehead atoms. The van der Waals surface area contributed by atoms with E-state index in [1.54, 1.807) is 0 Å². The molecule has 0 N–H and O–H groups in total. The minimum Gasteiger partial charge on any atom is -0.310 e. The van der Waals surface area contributed by atoms with Crippen molar-refractivity contribution < 1.29 is 8.42 Å². The van der Waals surface area contributed by atoms with Crippen LogP contribution < -0.4 is 11.2 Å². The highest BCUT2D eigenvalue weighted by molar-refractivity contribution is 7.89. The topological polar surface area (TPSA) is 96.0 Å². The SMILES string of the molecule is Cn1c(=O)c2c(ncn2CS(C)(=O)=O)n(C)c1=O. The van der Waals surface area contributed by atoms with Gasteiger partial charge in [0.25, 0.3) is 5.56 Å². The maximum absolute atomic E-state index is 12.0. The number of fused-ring (bicyclic) bond motifs is 1. The van der Waals surface area contributed by atoms with Crippen molar-refractivity contribution in [2.24, 2.45) is 14.1 Å². The van der Waals surface area contributed by atoms with Crippen molar-refractivity contribution in [3.8, 4) is 0 Å². The van der Waals surface area contributed by atoms with Gasteiger partial charge in [0.15, 0.2) is 21.0 Å². The molecular formula is C9H12N4O4S. The normalized spacial score (nSPS) is 12.2. The Bertz CT molecular complexity index is 840. The molecule has 8 nitrogen and oxygen atoms in total. The standard InChI is InChI=1S/C9H12N4O4S/c1-11-7-6(8(14)12(2)9(11)15)13(4-10-7)5-18(3,16)17/h4H,5H2,1-3H3. The van der Waals surface area contributed by atoms with E-state index in [2.05, 4.69) is 4.98 Å². The van der Waals surface area contributed by atoms with Gasteiger partial charge in [-0.25, -0.2) is 18.2 Å². The van der Waals surface area contributed by atoms with Crippen molar-refractivity contribution in [3.63, 3.8) is 0 Å². The highest BCUT2D eigenvalue weighted by Crippen LogP contribution is 2.06. The summed E-state index contributed by atoms with van der Waals surface area (Å²) in [6, 6.07) is 0. The first-order valence-corrected chi connectivity index (χ1v) is 7.07. The monoisotopic (exact) mass is 272 g/mol. The average Bonchev–Trinajstić information content (AvgIpc) is 2.65. The molecule has 2 aromatic rings. The van der Waals surface area contributed by atoms with Gasteiger partial charge >= 0.3 is 5.69 Å². The van der Waals surface area contributed by atoms with Crippen molar-refractivity contribution in [3.05, 3.63) is 27.2 Å². The van der Waals surface area contributed by atoms with Crippen molar-refractivity contribution >= 4 is 21.0 Å². The molecule has 98 valence electrons. The lowest BCUT2D eigenvalue weighted by Crippen LogP contribution is -2.37. The van der Waals surface area contributed by atoms with Crippen molar-refractivity contribution in [2.75, 3.05) is 6.26 Å². The number of aryl methyl sites for hydroxylation is 1. The molecule has 0 aliphatic heterocycles. The highest BCUT2D eigenvalue weighted by Gasteiger charge is 2.16. The Morgan fingerprint density at radius 3 is 2.39 bits per heavy atom. The van der Waals surface area contributed by atoms with Gasteiger partial charge in [0.1, 0.15) is 5.88 Å². The van der Waals surface area contributed by atoms with Gasteiger partial charge in [0, 0.05) is 20.4 Å². The molecule has 2 aromatic heterocycles. The second kappa shape index (κ2) is 3.80. The lowest BCUT2D eigenvalue weighted by atomic mass is 10.5. The smallest absolute Gasteiger partial charge is 0.310 e. The number of sulfone groups is 1. The molecule has 0 unspecified atom stereocenters. The minimum absolute atomic E-state index is 0.102. The van der Waals surface area contributed by atoms with Crippen LogP contribution in [-0.4, -0.2) is 33.4 Å². The minimum atomic E-state index is -3.30. The molecule has 0 amide bonds. The fourth-order valence-electron chi connectivity index (χ4n) is 1.75. The second-order valence-electron chi connectivity index (χ2n) is 4.15. The lowest BCUT2D eigenvalue weighted by Gasteiger charge is -2.05. The summed E-state index contributed by atoms with van der Waals surface area (Å²) in [5.41, 5.74) is -0.789. The zero-order valence-corrected chi connectivity index (χ0v) is 10.9. The number of hydrogen-bond acceptors (Lipinski definition) is 5. The van der Waals surface area contributed by atoms with Crippen LogP contribution in [-0.2, 0) is 29.8 Å². The van der Waals surface area contributed by atoms with E-state index in [0.717, 1.165) is 10.8 Å². The largest absolute Gasteiger partial charge is 0.332 e. The van der Waals surface area contributed by atoms with Crippen molar-refractivity contribution in [1.82, 2.24) is 18.7 Å². The molecule has 0 atom stereocenters. The van der Waals surface area contributed by atoms with E-state index in [4.69, 9.17) is 0 Å². The van der Waals surface area contributed by atoms with Gasteiger partial charge in [-0.05, 0) is 0 Å². The zero-order valence-electron chi connectivity index (χ0n) is 10.1. The molecule has 0 aromatic carbocycles. The molecule has 0 saturated carbocycles. The molecular weight excluding hydrogens is 260 g/mol. The number of hydrogen-bond donors (Lipinski definition) is 0. The van der Waals surface area contributed by atoms with Gasteiger partial charge in [-0.1, -0.05) is 0 Å². The average molecular weight is 272 g/mol. The van der Waals surface area contributed by atoms with E-state index in [9.17, 15) is 18.0 Å². The van der Waals surface area contributed by atoms with E-state index in [1.165, 1.54) is 29.6 Å². The molecule has 0 spiro atoms. The quantitative estimate of drug-likeness (QED) is 0.658. The van der Waals surface area contributed by atoms with Crippen LogP contribution >= 0.6 is 0 Å². The predicted molar refractivity (Wildman–Crippen MR) is 65.1 cm³/mol. The fourth-order valence-corrected chi connectivity index (χ4v) is 2.45. The van der Waals surface area contributed by atoms with Gasteiger partial charge < -0.3 is 4.57 Å². The molecule has 0 fully saturated rings. The molecule has 0 aliphatic rings. The van der Waals surface area contributed by atoms with Crippen LogP contribution in [0.3, 0.4) is 0 Å². The first-order valence-electron chi connectivity index (χ1n) is 5.01. The van der Waals surface area contributed by atoms with E-state index >= 15 is 0 Å². The Morgan fingerprint density at radius 1 is 1.22 bits per heavy atom. The molecule has 9 heteroatoms. The molecule has 0 saturated heterocycles. The Balaban J connectivity index is 2.90. The summed E-state index contributed by atoms with van der Waals surface area (Å²) in [6.07, 6.45) is 2.30. The van der Waals surface area contributed by atoms with E-state index in [1.807, 2.05) is 0 Å². The van der Waals surface area contributed by atoms with Crippen LogP contribution in [0, 0.1) is 0 Å². The Labute approximate surface area is 102 Å².